The number of rotatable bonds is 9. The lowest BCUT2D eigenvalue weighted by Gasteiger charge is -2.26. The van der Waals surface area contributed by atoms with E-state index in [-0.39, 0.29) is 17.1 Å². The fourth-order valence-corrected chi connectivity index (χ4v) is 4.42. The van der Waals surface area contributed by atoms with Crippen LogP contribution < -0.4 is 14.9 Å². The predicted octanol–water partition coefficient (Wildman–Crippen LogP) is 4.52. The summed E-state index contributed by atoms with van der Waals surface area (Å²) in [6.45, 7) is 5.25. The van der Waals surface area contributed by atoms with E-state index in [9.17, 15) is 9.59 Å². The maximum absolute atomic E-state index is 13.6. The molecule has 8 heteroatoms. The Morgan fingerprint density at radius 1 is 1.18 bits per heavy atom. The molecule has 1 aromatic heterocycles. The number of fused-ring (bicyclic) bond motifs is 2. The molecular weight excluding hydrogens is 456 g/mol. The van der Waals surface area contributed by atoms with Gasteiger partial charge in [0.1, 0.15) is 12.2 Å². The minimum atomic E-state index is -0.619. The monoisotopic (exact) mass is 482 g/mol. The van der Waals surface area contributed by atoms with E-state index in [1.165, 1.54) is 0 Å². The highest BCUT2D eigenvalue weighted by Crippen LogP contribution is 2.41. The number of nitrogens with zero attached hydrogens (tertiary/aromatic N) is 2. The van der Waals surface area contributed by atoms with Crippen LogP contribution in [0.5, 0.6) is 11.5 Å². The van der Waals surface area contributed by atoms with Gasteiger partial charge in [0.05, 0.1) is 24.1 Å². The Labute approximate surface area is 203 Å². The third-order valence-electron chi connectivity index (χ3n) is 5.79. The predicted molar refractivity (Wildman–Crippen MR) is 132 cm³/mol. The fraction of sp³-hybridized carbons (Fsp3) is 0.308. The molecule has 2 heterocycles. The van der Waals surface area contributed by atoms with Crippen molar-refractivity contribution >= 4 is 28.5 Å². The molecule has 0 saturated heterocycles. The first kappa shape index (κ1) is 23.9. The quantitative estimate of drug-likeness (QED) is 0.418. The Bertz CT molecular complexity index is 1300. The second kappa shape index (κ2) is 9.91. The lowest BCUT2D eigenvalue weighted by atomic mass is 9.98. The minimum Gasteiger partial charge on any atom is -0.493 e. The molecule has 2 aromatic carbocycles. The SMILES string of the molecule is C=CCOc1ccc(C2c3c(oc4ccc(Cl)cc4c3=O)C(=O)N2CCCN(C)C)cc1OC. The first-order chi connectivity index (χ1) is 16.3. The Balaban J connectivity index is 1.86. The van der Waals surface area contributed by atoms with E-state index < -0.39 is 6.04 Å². The van der Waals surface area contributed by atoms with Crippen LogP contribution in [0.15, 0.2) is 58.3 Å². The zero-order valence-electron chi connectivity index (χ0n) is 19.5. The van der Waals surface area contributed by atoms with Crippen LogP contribution in [0.3, 0.4) is 0 Å². The summed E-state index contributed by atoms with van der Waals surface area (Å²) in [4.78, 5) is 30.8. The van der Waals surface area contributed by atoms with Crippen molar-refractivity contribution in [2.24, 2.45) is 0 Å². The highest BCUT2D eigenvalue weighted by Gasteiger charge is 2.42. The van der Waals surface area contributed by atoms with Crippen molar-refractivity contribution < 1.29 is 18.7 Å². The zero-order chi connectivity index (χ0) is 24.4. The Hall–Kier alpha value is -3.29. The van der Waals surface area contributed by atoms with Gasteiger partial charge in [-0.2, -0.15) is 0 Å². The molecule has 0 N–H and O–H groups in total. The van der Waals surface area contributed by atoms with E-state index in [1.54, 1.807) is 48.4 Å². The van der Waals surface area contributed by atoms with Gasteiger partial charge in [-0.1, -0.05) is 30.3 Å². The third kappa shape index (κ3) is 4.41. The number of ether oxygens (including phenoxy) is 2. The molecule has 1 aliphatic heterocycles. The van der Waals surface area contributed by atoms with Gasteiger partial charge >= 0.3 is 0 Å². The summed E-state index contributed by atoms with van der Waals surface area (Å²) < 4.78 is 17.2. The van der Waals surface area contributed by atoms with Gasteiger partial charge in [0, 0.05) is 11.6 Å². The van der Waals surface area contributed by atoms with Crippen LogP contribution in [-0.2, 0) is 0 Å². The standard InChI is InChI=1S/C26H27ClN2O5/c1-5-13-33-20-9-7-16(14-21(20)32-4)23-22-24(30)18-15-17(27)8-10-19(18)34-25(22)26(31)29(23)12-6-11-28(2)3/h5,7-10,14-15,23H,1,6,11-13H2,2-4H3. The molecule has 178 valence electrons. The molecule has 34 heavy (non-hydrogen) atoms. The van der Waals surface area contributed by atoms with Crippen molar-refractivity contribution in [3.63, 3.8) is 0 Å². The second-order valence-electron chi connectivity index (χ2n) is 8.38. The summed E-state index contributed by atoms with van der Waals surface area (Å²) in [5.41, 5.74) is 1.11. The van der Waals surface area contributed by atoms with Gasteiger partial charge in [0.2, 0.25) is 5.76 Å². The van der Waals surface area contributed by atoms with Crippen molar-refractivity contribution in [3.8, 4) is 11.5 Å². The molecule has 1 atom stereocenters. The van der Waals surface area contributed by atoms with Crippen LogP contribution in [0.1, 0.15) is 34.1 Å². The van der Waals surface area contributed by atoms with E-state index >= 15 is 0 Å². The number of carbonyl (C=O) groups is 1. The lowest BCUT2D eigenvalue weighted by Crippen LogP contribution is -2.32. The third-order valence-corrected chi connectivity index (χ3v) is 6.03. The van der Waals surface area contributed by atoms with E-state index in [1.807, 2.05) is 20.2 Å². The summed E-state index contributed by atoms with van der Waals surface area (Å²) >= 11 is 6.15. The maximum atomic E-state index is 13.6. The zero-order valence-corrected chi connectivity index (χ0v) is 20.2. The van der Waals surface area contributed by atoms with Gasteiger partial charge in [0.25, 0.3) is 5.91 Å². The van der Waals surface area contributed by atoms with E-state index in [0.29, 0.717) is 46.2 Å². The van der Waals surface area contributed by atoms with Crippen molar-refractivity contribution in [1.82, 2.24) is 9.80 Å². The Morgan fingerprint density at radius 2 is 1.97 bits per heavy atom. The van der Waals surface area contributed by atoms with Crippen molar-refractivity contribution in [3.05, 3.63) is 81.2 Å². The largest absolute Gasteiger partial charge is 0.493 e. The minimum absolute atomic E-state index is 0.0700. The average Bonchev–Trinajstić information content (AvgIpc) is 3.10. The summed E-state index contributed by atoms with van der Waals surface area (Å²) in [5.74, 6) is 0.813. The maximum Gasteiger partial charge on any atom is 0.290 e. The van der Waals surface area contributed by atoms with Crippen molar-refractivity contribution in [1.29, 1.82) is 0 Å². The molecule has 1 unspecified atom stereocenters. The summed E-state index contributed by atoms with van der Waals surface area (Å²) in [7, 11) is 5.51. The molecule has 0 fully saturated rings. The van der Waals surface area contributed by atoms with Crippen LogP contribution in [0.4, 0.5) is 0 Å². The van der Waals surface area contributed by atoms with Crippen LogP contribution in [-0.4, -0.2) is 56.6 Å². The Morgan fingerprint density at radius 3 is 2.68 bits per heavy atom. The molecule has 0 saturated carbocycles. The molecule has 7 nitrogen and oxygen atoms in total. The molecule has 0 bridgehead atoms. The number of benzene rings is 2. The molecule has 3 aromatic rings. The van der Waals surface area contributed by atoms with E-state index in [2.05, 4.69) is 11.5 Å². The fourth-order valence-electron chi connectivity index (χ4n) is 4.25. The average molecular weight is 483 g/mol. The van der Waals surface area contributed by atoms with Gasteiger partial charge < -0.3 is 23.7 Å². The van der Waals surface area contributed by atoms with Crippen molar-refractivity contribution in [2.45, 2.75) is 12.5 Å². The van der Waals surface area contributed by atoms with Gasteiger partial charge in [0.15, 0.2) is 16.9 Å². The van der Waals surface area contributed by atoms with Gasteiger partial charge in [-0.25, -0.2) is 0 Å². The number of carbonyl (C=O) groups excluding carboxylic acids is 1. The van der Waals surface area contributed by atoms with Crippen LogP contribution >= 0.6 is 11.6 Å². The highest BCUT2D eigenvalue weighted by atomic mass is 35.5. The normalized spacial score (nSPS) is 15.1. The molecule has 0 spiro atoms. The molecular formula is C26H27ClN2O5. The Kier molecular flexibility index (Phi) is 6.95. The number of methoxy groups -OCH3 is 1. The number of hydrogen-bond acceptors (Lipinski definition) is 6. The van der Waals surface area contributed by atoms with Gasteiger partial charge in [-0.3, -0.25) is 9.59 Å². The van der Waals surface area contributed by atoms with Gasteiger partial charge in [-0.15, -0.1) is 0 Å². The summed E-state index contributed by atoms with van der Waals surface area (Å²) in [6.07, 6.45) is 2.38. The van der Waals surface area contributed by atoms with Gasteiger partial charge in [-0.05, 0) is 63.0 Å². The second-order valence-corrected chi connectivity index (χ2v) is 8.82. The first-order valence-electron chi connectivity index (χ1n) is 11.0. The highest BCUT2D eigenvalue weighted by molar-refractivity contribution is 6.31. The summed E-state index contributed by atoms with van der Waals surface area (Å²) in [5, 5.41) is 0.769. The van der Waals surface area contributed by atoms with Crippen LogP contribution in [0.25, 0.3) is 11.0 Å². The number of hydrogen-bond donors (Lipinski definition) is 0. The summed E-state index contributed by atoms with van der Waals surface area (Å²) in [6, 6.07) is 9.62. The molecule has 1 aliphatic rings. The number of halogens is 1. The smallest absolute Gasteiger partial charge is 0.290 e. The van der Waals surface area contributed by atoms with Crippen LogP contribution in [0, 0.1) is 0 Å². The first-order valence-corrected chi connectivity index (χ1v) is 11.4. The van der Waals surface area contributed by atoms with Crippen LogP contribution in [0.2, 0.25) is 5.02 Å². The molecule has 0 aliphatic carbocycles. The van der Waals surface area contributed by atoms with E-state index in [0.717, 1.165) is 18.5 Å². The lowest BCUT2D eigenvalue weighted by molar-refractivity contribution is 0.0722. The topological polar surface area (TPSA) is 72.2 Å². The number of amides is 1. The van der Waals surface area contributed by atoms with E-state index in [4.69, 9.17) is 25.5 Å². The molecule has 1 amide bonds. The molecule has 0 radical (unpaired) electrons. The van der Waals surface area contributed by atoms with Crippen molar-refractivity contribution in [2.75, 3.05) is 40.9 Å². The molecule has 4 rings (SSSR count).